The van der Waals surface area contributed by atoms with Crippen molar-refractivity contribution < 1.29 is 9.59 Å². The molecule has 0 aliphatic carbocycles. The van der Waals surface area contributed by atoms with Gasteiger partial charge in [0.25, 0.3) is 5.91 Å². The maximum atomic E-state index is 12.6. The molecule has 4 rings (SSSR count). The van der Waals surface area contributed by atoms with Gasteiger partial charge < -0.3 is 15.6 Å². The number of pyridine rings is 1. The molecule has 1 aliphatic heterocycles. The zero-order chi connectivity index (χ0) is 22.8. The molecular weight excluding hydrogens is 404 g/mol. The number of nitrogens with zero attached hydrogens (tertiary/aromatic N) is 1. The van der Waals surface area contributed by atoms with Gasteiger partial charge >= 0.3 is 0 Å². The molecule has 32 heavy (non-hydrogen) atoms. The van der Waals surface area contributed by atoms with Crippen LogP contribution in [0.4, 0.5) is 5.69 Å². The van der Waals surface area contributed by atoms with Crippen LogP contribution in [0.25, 0.3) is 22.3 Å². The number of carbonyl (C=O) groups excluding carboxylic acids is 2. The fourth-order valence-corrected chi connectivity index (χ4v) is 3.76. The predicted octanol–water partition coefficient (Wildman–Crippen LogP) is 3.06. The summed E-state index contributed by atoms with van der Waals surface area (Å²) in [6.45, 7) is 8.85. The Balaban J connectivity index is 1.51. The van der Waals surface area contributed by atoms with Crippen molar-refractivity contribution in [1.29, 1.82) is 0 Å². The number of carbonyl (C=O) groups is 2. The van der Waals surface area contributed by atoms with Crippen molar-refractivity contribution in [1.82, 2.24) is 26.1 Å². The molecule has 0 spiro atoms. The van der Waals surface area contributed by atoms with E-state index in [1.807, 2.05) is 50.2 Å². The number of H-pyrrole nitrogens is 1. The minimum Gasteiger partial charge on any atom is -0.352 e. The molecule has 2 aromatic heterocycles. The van der Waals surface area contributed by atoms with Crippen LogP contribution in [0.1, 0.15) is 38.1 Å². The lowest BCUT2D eigenvalue weighted by molar-refractivity contribution is -0.118. The minimum atomic E-state index is -0.299. The van der Waals surface area contributed by atoms with Crippen LogP contribution < -0.4 is 21.5 Å². The third kappa shape index (κ3) is 4.66. The number of fused-ring (bicyclic) bond motifs is 1. The summed E-state index contributed by atoms with van der Waals surface area (Å²) in [4.78, 5) is 32.8. The molecule has 0 bridgehead atoms. The number of hydrogen-bond donors (Lipinski definition) is 5. The van der Waals surface area contributed by atoms with Gasteiger partial charge in [-0.3, -0.25) is 15.0 Å². The first-order valence-electron chi connectivity index (χ1n) is 11.0. The molecule has 3 atom stereocenters. The first-order valence-corrected chi connectivity index (χ1v) is 11.0. The molecule has 3 aromatic rings. The summed E-state index contributed by atoms with van der Waals surface area (Å²) in [7, 11) is 0. The Morgan fingerprint density at radius 2 is 1.94 bits per heavy atom. The molecule has 8 nitrogen and oxygen atoms in total. The van der Waals surface area contributed by atoms with Crippen LogP contribution in [0.3, 0.4) is 0 Å². The minimum absolute atomic E-state index is 0.0849. The molecule has 1 aliphatic rings. The van der Waals surface area contributed by atoms with E-state index >= 15 is 0 Å². The largest absolute Gasteiger partial charge is 0.352 e. The SMILES string of the molecule is CC(C)CNC(=O)c1cccc(-c2cc3cc(NC(=O)C4NNC(C)C4C)cnc3[nH]2)c1. The number of nitrogens with one attached hydrogen (secondary N) is 5. The predicted molar refractivity (Wildman–Crippen MR) is 126 cm³/mol. The Morgan fingerprint density at radius 3 is 2.66 bits per heavy atom. The number of hydrazine groups is 1. The summed E-state index contributed by atoms with van der Waals surface area (Å²) < 4.78 is 0. The van der Waals surface area contributed by atoms with Crippen molar-refractivity contribution in [3.05, 3.63) is 48.2 Å². The lowest BCUT2D eigenvalue weighted by Crippen LogP contribution is -2.41. The number of aromatic nitrogens is 2. The topological polar surface area (TPSA) is 111 Å². The van der Waals surface area contributed by atoms with Crippen molar-refractivity contribution >= 4 is 28.5 Å². The summed E-state index contributed by atoms with van der Waals surface area (Å²) in [5.41, 5.74) is 9.88. The molecule has 1 fully saturated rings. The summed E-state index contributed by atoms with van der Waals surface area (Å²) in [6.07, 6.45) is 1.65. The fraction of sp³-hybridized carbons (Fsp3) is 0.375. The second-order valence-electron chi connectivity index (χ2n) is 8.93. The van der Waals surface area contributed by atoms with E-state index in [0.29, 0.717) is 23.7 Å². The van der Waals surface area contributed by atoms with Crippen LogP contribution in [0.5, 0.6) is 0 Å². The van der Waals surface area contributed by atoms with Gasteiger partial charge in [-0.15, -0.1) is 0 Å². The Kier molecular flexibility index (Phi) is 6.25. The van der Waals surface area contributed by atoms with Gasteiger partial charge in [0.1, 0.15) is 11.7 Å². The van der Waals surface area contributed by atoms with E-state index in [-0.39, 0.29) is 29.8 Å². The Hall–Kier alpha value is -3.23. The lowest BCUT2D eigenvalue weighted by Gasteiger charge is -2.15. The van der Waals surface area contributed by atoms with E-state index in [1.54, 1.807) is 6.20 Å². The number of anilines is 1. The second kappa shape index (κ2) is 9.10. The number of aromatic amines is 1. The van der Waals surface area contributed by atoms with Crippen molar-refractivity contribution in [2.45, 2.75) is 39.8 Å². The van der Waals surface area contributed by atoms with Crippen LogP contribution in [0.2, 0.25) is 0 Å². The first kappa shape index (κ1) is 22.0. The molecule has 168 valence electrons. The average molecular weight is 435 g/mol. The lowest BCUT2D eigenvalue weighted by atomic mass is 9.97. The Bertz CT molecular complexity index is 1140. The molecule has 1 saturated heterocycles. The number of hydrogen-bond acceptors (Lipinski definition) is 5. The molecule has 1 aromatic carbocycles. The van der Waals surface area contributed by atoms with Gasteiger partial charge in [-0.2, -0.15) is 0 Å². The smallest absolute Gasteiger partial charge is 0.251 e. The average Bonchev–Trinajstić information content (AvgIpc) is 3.35. The highest BCUT2D eigenvalue weighted by atomic mass is 16.2. The summed E-state index contributed by atoms with van der Waals surface area (Å²) in [5, 5.41) is 6.78. The maximum Gasteiger partial charge on any atom is 0.251 e. The quantitative estimate of drug-likeness (QED) is 0.410. The maximum absolute atomic E-state index is 12.6. The fourth-order valence-electron chi connectivity index (χ4n) is 3.76. The van der Waals surface area contributed by atoms with Gasteiger partial charge in [0, 0.05) is 29.2 Å². The Labute approximate surface area is 187 Å². The summed E-state index contributed by atoms with van der Waals surface area (Å²) >= 11 is 0. The van der Waals surface area contributed by atoms with Crippen molar-refractivity contribution in [3.8, 4) is 11.3 Å². The molecule has 0 saturated carbocycles. The molecule has 8 heteroatoms. The van der Waals surface area contributed by atoms with E-state index < -0.39 is 0 Å². The van der Waals surface area contributed by atoms with Crippen molar-refractivity contribution in [2.75, 3.05) is 11.9 Å². The van der Waals surface area contributed by atoms with E-state index in [0.717, 1.165) is 22.3 Å². The van der Waals surface area contributed by atoms with Crippen molar-refractivity contribution in [2.24, 2.45) is 11.8 Å². The highest BCUT2D eigenvalue weighted by Gasteiger charge is 2.34. The first-order chi connectivity index (χ1) is 15.3. The molecule has 0 radical (unpaired) electrons. The van der Waals surface area contributed by atoms with Crippen molar-refractivity contribution in [3.63, 3.8) is 0 Å². The highest BCUT2D eigenvalue weighted by Crippen LogP contribution is 2.26. The molecular formula is C24H30N6O2. The second-order valence-corrected chi connectivity index (χ2v) is 8.93. The van der Waals surface area contributed by atoms with E-state index in [9.17, 15) is 9.59 Å². The van der Waals surface area contributed by atoms with E-state index in [4.69, 9.17) is 0 Å². The zero-order valence-electron chi connectivity index (χ0n) is 18.8. The molecule has 3 heterocycles. The number of amides is 2. The monoisotopic (exact) mass is 434 g/mol. The standard InChI is InChI=1S/C24H30N6O2/c1-13(2)11-26-23(31)17-7-5-6-16(8-17)20-10-18-9-19(12-25-22(18)28-20)27-24(32)21-14(3)15(4)29-30-21/h5-10,12-15,21,29-30H,11H2,1-4H3,(H,25,28)(H,26,31)(H,27,32). The van der Waals surface area contributed by atoms with Crippen LogP contribution in [-0.4, -0.2) is 40.4 Å². The highest BCUT2D eigenvalue weighted by molar-refractivity contribution is 5.98. The van der Waals surface area contributed by atoms with Gasteiger partial charge in [-0.25, -0.2) is 10.4 Å². The molecule has 2 amide bonds. The summed E-state index contributed by atoms with van der Waals surface area (Å²) in [5.74, 6) is 0.393. The third-order valence-electron chi connectivity index (χ3n) is 5.91. The molecule has 3 unspecified atom stereocenters. The molecule has 5 N–H and O–H groups in total. The van der Waals surface area contributed by atoms with Gasteiger partial charge in [-0.05, 0) is 48.6 Å². The number of rotatable bonds is 6. The van der Waals surface area contributed by atoms with Gasteiger partial charge in [0.2, 0.25) is 5.91 Å². The van der Waals surface area contributed by atoms with Crippen LogP contribution >= 0.6 is 0 Å². The number of benzene rings is 1. The van der Waals surface area contributed by atoms with Gasteiger partial charge in [0.15, 0.2) is 0 Å². The Morgan fingerprint density at radius 1 is 1.12 bits per heavy atom. The van der Waals surface area contributed by atoms with Crippen LogP contribution in [0, 0.1) is 11.8 Å². The summed E-state index contributed by atoms with van der Waals surface area (Å²) in [6, 6.07) is 11.3. The van der Waals surface area contributed by atoms with Crippen LogP contribution in [-0.2, 0) is 4.79 Å². The van der Waals surface area contributed by atoms with Gasteiger partial charge in [-0.1, -0.05) is 32.9 Å². The normalized spacial score (nSPS) is 20.6. The van der Waals surface area contributed by atoms with E-state index in [2.05, 4.69) is 45.3 Å². The zero-order valence-corrected chi connectivity index (χ0v) is 18.8. The third-order valence-corrected chi connectivity index (χ3v) is 5.91. The van der Waals surface area contributed by atoms with E-state index in [1.165, 1.54) is 0 Å². The van der Waals surface area contributed by atoms with Crippen LogP contribution in [0.15, 0.2) is 42.6 Å². The van der Waals surface area contributed by atoms with Gasteiger partial charge in [0.05, 0.1) is 11.9 Å².